The fourth-order valence-corrected chi connectivity index (χ4v) is 2.76. The number of benzene rings is 1. The standard InChI is InChI=1S/C15H18F3NO2/c1-2-14(13(20)21)7-8-19(10-14)9-11-3-5-12(6-4-11)15(16,17)18/h3-6H,2,7-10H2,1H3,(H,20,21). The number of carboxylic acid groups (broad SMARTS) is 1. The molecule has 21 heavy (non-hydrogen) atoms. The molecule has 1 N–H and O–H groups in total. The van der Waals surface area contributed by atoms with Gasteiger partial charge in [0.1, 0.15) is 0 Å². The second-order valence-corrected chi connectivity index (χ2v) is 5.59. The molecular weight excluding hydrogens is 283 g/mol. The first-order chi connectivity index (χ1) is 9.77. The van der Waals surface area contributed by atoms with Crippen LogP contribution in [0.15, 0.2) is 24.3 Å². The zero-order valence-corrected chi connectivity index (χ0v) is 11.8. The molecule has 1 aromatic carbocycles. The molecule has 1 aliphatic rings. The summed E-state index contributed by atoms with van der Waals surface area (Å²) in [5, 5.41) is 9.32. The summed E-state index contributed by atoms with van der Waals surface area (Å²) in [5.74, 6) is -0.792. The van der Waals surface area contributed by atoms with Crippen LogP contribution in [-0.2, 0) is 17.5 Å². The van der Waals surface area contributed by atoms with Crippen LogP contribution < -0.4 is 0 Å². The van der Waals surface area contributed by atoms with Crippen molar-refractivity contribution in [3.63, 3.8) is 0 Å². The Balaban J connectivity index is 2.02. The van der Waals surface area contributed by atoms with Crippen molar-refractivity contribution in [2.24, 2.45) is 5.41 Å². The summed E-state index contributed by atoms with van der Waals surface area (Å²) >= 11 is 0. The largest absolute Gasteiger partial charge is 0.481 e. The topological polar surface area (TPSA) is 40.5 Å². The summed E-state index contributed by atoms with van der Waals surface area (Å²) in [4.78, 5) is 13.3. The van der Waals surface area contributed by atoms with Gasteiger partial charge in [0.2, 0.25) is 0 Å². The molecule has 1 unspecified atom stereocenters. The predicted molar refractivity (Wildman–Crippen MR) is 71.7 cm³/mol. The first-order valence-electron chi connectivity index (χ1n) is 6.89. The lowest BCUT2D eigenvalue weighted by molar-refractivity contribution is -0.148. The molecule has 1 heterocycles. The van der Waals surface area contributed by atoms with Gasteiger partial charge in [-0.25, -0.2) is 0 Å². The molecule has 1 atom stereocenters. The van der Waals surface area contributed by atoms with Crippen LogP contribution in [0, 0.1) is 5.41 Å². The molecule has 0 radical (unpaired) electrons. The molecule has 0 bridgehead atoms. The molecule has 1 aromatic rings. The third kappa shape index (κ3) is 3.37. The van der Waals surface area contributed by atoms with E-state index >= 15 is 0 Å². The van der Waals surface area contributed by atoms with E-state index in [4.69, 9.17) is 0 Å². The fraction of sp³-hybridized carbons (Fsp3) is 0.533. The Morgan fingerprint density at radius 1 is 1.33 bits per heavy atom. The Kier molecular flexibility index (Phi) is 4.27. The molecule has 116 valence electrons. The van der Waals surface area contributed by atoms with Crippen LogP contribution in [0.4, 0.5) is 13.2 Å². The Morgan fingerprint density at radius 3 is 2.38 bits per heavy atom. The van der Waals surface area contributed by atoms with Crippen molar-refractivity contribution < 1.29 is 23.1 Å². The predicted octanol–water partition coefficient (Wildman–Crippen LogP) is 3.39. The lowest BCUT2D eigenvalue weighted by Gasteiger charge is -2.23. The monoisotopic (exact) mass is 301 g/mol. The molecule has 1 fully saturated rings. The normalized spacial score (nSPS) is 23.4. The zero-order valence-electron chi connectivity index (χ0n) is 11.8. The number of hydrogen-bond acceptors (Lipinski definition) is 2. The summed E-state index contributed by atoms with van der Waals surface area (Å²) in [6.45, 7) is 3.43. The number of likely N-dealkylation sites (tertiary alicyclic amines) is 1. The quantitative estimate of drug-likeness (QED) is 0.926. The van der Waals surface area contributed by atoms with Gasteiger partial charge in [-0.2, -0.15) is 13.2 Å². The van der Waals surface area contributed by atoms with E-state index in [0.29, 0.717) is 32.5 Å². The number of hydrogen-bond donors (Lipinski definition) is 1. The highest BCUT2D eigenvalue weighted by molar-refractivity contribution is 5.75. The number of nitrogens with zero attached hydrogens (tertiary/aromatic N) is 1. The Bertz CT molecular complexity index is 513. The molecule has 0 saturated carbocycles. The van der Waals surface area contributed by atoms with Gasteiger partial charge in [-0.3, -0.25) is 9.69 Å². The van der Waals surface area contributed by atoms with Crippen LogP contribution in [0.5, 0.6) is 0 Å². The average molecular weight is 301 g/mol. The van der Waals surface area contributed by atoms with Crippen molar-refractivity contribution in [1.82, 2.24) is 4.90 Å². The van der Waals surface area contributed by atoms with E-state index in [1.807, 2.05) is 11.8 Å². The van der Waals surface area contributed by atoms with Crippen LogP contribution in [0.2, 0.25) is 0 Å². The smallest absolute Gasteiger partial charge is 0.416 e. The van der Waals surface area contributed by atoms with Crippen LogP contribution in [0.3, 0.4) is 0 Å². The molecule has 6 heteroatoms. The number of carbonyl (C=O) groups is 1. The van der Waals surface area contributed by atoms with E-state index in [1.165, 1.54) is 12.1 Å². The minimum Gasteiger partial charge on any atom is -0.481 e. The highest BCUT2D eigenvalue weighted by Crippen LogP contribution is 2.35. The molecule has 1 saturated heterocycles. The van der Waals surface area contributed by atoms with Gasteiger partial charge in [0.15, 0.2) is 0 Å². The number of carboxylic acids is 1. The van der Waals surface area contributed by atoms with Gasteiger partial charge >= 0.3 is 12.1 Å². The maximum Gasteiger partial charge on any atom is 0.416 e. The second kappa shape index (κ2) is 5.67. The lowest BCUT2D eigenvalue weighted by atomic mass is 9.84. The molecule has 2 rings (SSSR count). The van der Waals surface area contributed by atoms with Gasteiger partial charge in [-0.05, 0) is 37.1 Å². The maximum atomic E-state index is 12.5. The molecule has 0 amide bonds. The number of rotatable bonds is 4. The minimum absolute atomic E-state index is 0.444. The first kappa shape index (κ1) is 15.8. The number of aliphatic carboxylic acids is 1. The summed E-state index contributed by atoms with van der Waals surface area (Å²) in [6.07, 6.45) is -3.18. The zero-order chi connectivity index (χ0) is 15.7. The van der Waals surface area contributed by atoms with E-state index in [1.54, 1.807) is 0 Å². The van der Waals surface area contributed by atoms with Crippen LogP contribution in [0.1, 0.15) is 30.9 Å². The van der Waals surface area contributed by atoms with Crippen molar-refractivity contribution in [1.29, 1.82) is 0 Å². The average Bonchev–Trinajstić information content (AvgIpc) is 2.83. The van der Waals surface area contributed by atoms with Crippen molar-refractivity contribution in [2.75, 3.05) is 13.1 Å². The van der Waals surface area contributed by atoms with Crippen molar-refractivity contribution >= 4 is 5.97 Å². The lowest BCUT2D eigenvalue weighted by Crippen LogP contribution is -2.33. The Labute approximate surface area is 121 Å². The second-order valence-electron chi connectivity index (χ2n) is 5.59. The fourth-order valence-electron chi connectivity index (χ4n) is 2.76. The van der Waals surface area contributed by atoms with Gasteiger partial charge in [0, 0.05) is 13.1 Å². The highest BCUT2D eigenvalue weighted by atomic mass is 19.4. The Morgan fingerprint density at radius 2 is 1.95 bits per heavy atom. The van der Waals surface area contributed by atoms with Gasteiger partial charge in [-0.1, -0.05) is 19.1 Å². The summed E-state index contributed by atoms with van der Waals surface area (Å²) < 4.78 is 37.5. The van der Waals surface area contributed by atoms with E-state index in [2.05, 4.69) is 0 Å². The van der Waals surface area contributed by atoms with Gasteiger partial charge in [-0.15, -0.1) is 0 Å². The van der Waals surface area contributed by atoms with E-state index in [9.17, 15) is 23.1 Å². The van der Waals surface area contributed by atoms with Gasteiger partial charge in [0.25, 0.3) is 0 Å². The maximum absolute atomic E-state index is 12.5. The van der Waals surface area contributed by atoms with Crippen LogP contribution in [0.25, 0.3) is 0 Å². The SMILES string of the molecule is CCC1(C(=O)O)CCN(Cc2ccc(C(F)(F)F)cc2)C1. The number of alkyl halides is 3. The summed E-state index contributed by atoms with van der Waals surface area (Å²) in [7, 11) is 0. The third-order valence-corrected chi connectivity index (χ3v) is 4.25. The summed E-state index contributed by atoms with van der Waals surface area (Å²) in [5.41, 5.74) is -0.618. The highest BCUT2D eigenvalue weighted by Gasteiger charge is 2.43. The van der Waals surface area contributed by atoms with Gasteiger partial charge < -0.3 is 5.11 Å². The Hall–Kier alpha value is -1.56. The van der Waals surface area contributed by atoms with E-state index in [-0.39, 0.29) is 0 Å². The van der Waals surface area contributed by atoms with Gasteiger partial charge in [0.05, 0.1) is 11.0 Å². The summed E-state index contributed by atoms with van der Waals surface area (Å²) in [6, 6.07) is 5.04. The molecule has 3 nitrogen and oxygen atoms in total. The van der Waals surface area contributed by atoms with Crippen molar-refractivity contribution in [2.45, 2.75) is 32.5 Å². The molecule has 1 aliphatic heterocycles. The van der Waals surface area contributed by atoms with E-state index < -0.39 is 23.1 Å². The third-order valence-electron chi connectivity index (χ3n) is 4.25. The van der Waals surface area contributed by atoms with Crippen LogP contribution in [-0.4, -0.2) is 29.1 Å². The van der Waals surface area contributed by atoms with Crippen molar-refractivity contribution in [3.05, 3.63) is 35.4 Å². The molecule has 0 spiro atoms. The molecule has 0 aliphatic carbocycles. The van der Waals surface area contributed by atoms with E-state index in [0.717, 1.165) is 17.7 Å². The number of halogens is 3. The first-order valence-corrected chi connectivity index (χ1v) is 6.89. The van der Waals surface area contributed by atoms with Crippen molar-refractivity contribution in [3.8, 4) is 0 Å². The van der Waals surface area contributed by atoms with Crippen LogP contribution >= 0.6 is 0 Å². The molecule has 0 aromatic heterocycles. The molecular formula is C15H18F3NO2. The minimum atomic E-state index is -4.33.